The normalized spacial score (nSPS) is 10.7. The van der Waals surface area contributed by atoms with Crippen molar-refractivity contribution in [3.8, 4) is 0 Å². The van der Waals surface area contributed by atoms with E-state index in [-0.39, 0.29) is 29.0 Å². The average Bonchev–Trinajstić information content (AvgIpc) is 2.42. The molecule has 0 atom stereocenters. The second kappa shape index (κ2) is 7.56. The first-order chi connectivity index (χ1) is 9.88. The van der Waals surface area contributed by atoms with E-state index < -0.39 is 4.92 Å². The maximum atomic E-state index is 12.6. The van der Waals surface area contributed by atoms with Crippen LogP contribution in [-0.4, -0.2) is 33.3 Å². The number of rotatable bonds is 7. The topological polar surface area (TPSA) is 102 Å². The third-order valence-corrected chi connectivity index (χ3v) is 3.23. The largest absolute Gasteiger partial charge is 0.383 e. The molecule has 0 saturated carbocycles. The Balaban J connectivity index is 3.02. The fourth-order valence-electron chi connectivity index (χ4n) is 2.02. The van der Waals surface area contributed by atoms with Crippen LogP contribution in [0.1, 0.15) is 50.4 Å². The SMILES string of the molecule is CCCCCN(C(=O)c1cc([N+](=O)[O-])cnc1N)C(C)C. The molecule has 0 spiro atoms. The van der Waals surface area contributed by atoms with Crippen LogP contribution in [0.5, 0.6) is 0 Å². The Morgan fingerprint density at radius 2 is 2.14 bits per heavy atom. The van der Waals surface area contributed by atoms with Crippen LogP contribution >= 0.6 is 0 Å². The van der Waals surface area contributed by atoms with Gasteiger partial charge in [-0.05, 0) is 20.3 Å². The summed E-state index contributed by atoms with van der Waals surface area (Å²) in [5.74, 6) is -0.290. The molecule has 0 fully saturated rings. The summed E-state index contributed by atoms with van der Waals surface area (Å²) < 4.78 is 0. The lowest BCUT2D eigenvalue weighted by atomic mass is 10.1. The Morgan fingerprint density at radius 3 is 2.67 bits per heavy atom. The molecule has 1 amide bonds. The number of unbranched alkanes of at least 4 members (excludes halogenated alkanes) is 2. The van der Waals surface area contributed by atoms with Gasteiger partial charge in [0.25, 0.3) is 11.6 Å². The highest BCUT2D eigenvalue weighted by molar-refractivity contribution is 5.99. The van der Waals surface area contributed by atoms with E-state index in [9.17, 15) is 14.9 Å². The van der Waals surface area contributed by atoms with Gasteiger partial charge in [-0.1, -0.05) is 19.8 Å². The Hall–Kier alpha value is -2.18. The van der Waals surface area contributed by atoms with Crippen molar-refractivity contribution in [2.24, 2.45) is 0 Å². The standard InChI is InChI=1S/C14H22N4O3/c1-4-5-6-7-17(10(2)3)14(19)12-8-11(18(20)21)9-16-13(12)15/h8-10H,4-7H2,1-3H3,(H2,15,16). The number of carbonyl (C=O) groups excluding carboxylic acids is 1. The predicted molar refractivity (Wildman–Crippen MR) is 81.0 cm³/mol. The molecule has 1 heterocycles. The van der Waals surface area contributed by atoms with Gasteiger partial charge in [-0.25, -0.2) is 4.98 Å². The van der Waals surface area contributed by atoms with Crippen LogP contribution in [0.3, 0.4) is 0 Å². The summed E-state index contributed by atoms with van der Waals surface area (Å²) in [7, 11) is 0. The molecule has 116 valence electrons. The average molecular weight is 294 g/mol. The molecule has 0 aliphatic heterocycles. The van der Waals surface area contributed by atoms with Crippen molar-refractivity contribution in [2.75, 3.05) is 12.3 Å². The van der Waals surface area contributed by atoms with Crippen LogP contribution in [0.2, 0.25) is 0 Å². The Morgan fingerprint density at radius 1 is 1.48 bits per heavy atom. The fraction of sp³-hybridized carbons (Fsp3) is 0.571. The van der Waals surface area contributed by atoms with E-state index in [4.69, 9.17) is 5.73 Å². The number of hydrogen-bond donors (Lipinski definition) is 1. The molecule has 2 N–H and O–H groups in total. The van der Waals surface area contributed by atoms with E-state index in [1.807, 2.05) is 13.8 Å². The number of nitrogen functional groups attached to an aromatic ring is 1. The zero-order valence-corrected chi connectivity index (χ0v) is 12.7. The van der Waals surface area contributed by atoms with Gasteiger partial charge in [0, 0.05) is 18.7 Å². The van der Waals surface area contributed by atoms with Gasteiger partial charge in [-0.2, -0.15) is 0 Å². The minimum Gasteiger partial charge on any atom is -0.383 e. The number of nitro groups is 1. The van der Waals surface area contributed by atoms with E-state index in [1.165, 1.54) is 6.07 Å². The van der Waals surface area contributed by atoms with Crippen LogP contribution in [0.15, 0.2) is 12.3 Å². The zero-order valence-electron chi connectivity index (χ0n) is 12.7. The van der Waals surface area contributed by atoms with Crippen molar-refractivity contribution >= 4 is 17.4 Å². The lowest BCUT2D eigenvalue weighted by Gasteiger charge is -2.27. The Labute approximate surface area is 124 Å². The second-order valence-electron chi connectivity index (χ2n) is 5.18. The third kappa shape index (κ3) is 4.40. The zero-order chi connectivity index (χ0) is 16.0. The quantitative estimate of drug-likeness (QED) is 0.473. The first-order valence-corrected chi connectivity index (χ1v) is 7.09. The van der Waals surface area contributed by atoms with Gasteiger partial charge in [0.1, 0.15) is 12.0 Å². The van der Waals surface area contributed by atoms with Gasteiger partial charge in [-0.15, -0.1) is 0 Å². The molecule has 0 aromatic carbocycles. The highest BCUT2D eigenvalue weighted by Crippen LogP contribution is 2.20. The number of amides is 1. The van der Waals surface area contributed by atoms with Crippen LogP contribution in [0.4, 0.5) is 11.5 Å². The van der Waals surface area contributed by atoms with E-state index in [0.29, 0.717) is 6.54 Å². The molecule has 0 unspecified atom stereocenters. The van der Waals surface area contributed by atoms with E-state index >= 15 is 0 Å². The van der Waals surface area contributed by atoms with Crippen LogP contribution in [0.25, 0.3) is 0 Å². The maximum absolute atomic E-state index is 12.6. The fourth-order valence-corrected chi connectivity index (χ4v) is 2.02. The number of hydrogen-bond acceptors (Lipinski definition) is 5. The smallest absolute Gasteiger partial charge is 0.288 e. The molecule has 0 aliphatic carbocycles. The van der Waals surface area contributed by atoms with Crippen molar-refractivity contribution in [1.82, 2.24) is 9.88 Å². The molecule has 0 saturated heterocycles. The van der Waals surface area contributed by atoms with Crippen LogP contribution < -0.4 is 5.73 Å². The molecular formula is C14H22N4O3. The number of pyridine rings is 1. The first kappa shape index (κ1) is 16.9. The van der Waals surface area contributed by atoms with Crippen molar-refractivity contribution < 1.29 is 9.72 Å². The summed E-state index contributed by atoms with van der Waals surface area (Å²) in [6.07, 6.45) is 4.03. The lowest BCUT2D eigenvalue weighted by Crippen LogP contribution is -2.38. The number of carbonyl (C=O) groups is 1. The molecule has 7 nitrogen and oxygen atoms in total. The summed E-state index contributed by atoms with van der Waals surface area (Å²) in [5, 5.41) is 10.8. The van der Waals surface area contributed by atoms with Crippen LogP contribution in [-0.2, 0) is 0 Å². The molecule has 7 heteroatoms. The van der Waals surface area contributed by atoms with Crippen molar-refractivity contribution in [3.05, 3.63) is 27.9 Å². The molecule has 1 aromatic rings. The minimum atomic E-state index is -0.583. The van der Waals surface area contributed by atoms with E-state index in [2.05, 4.69) is 11.9 Å². The molecule has 1 rings (SSSR count). The van der Waals surface area contributed by atoms with Crippen molar-refractivity contribution in [1.29, 1.82) is 0 Å². The predicted octanol–water partition coefficient (Wildman–Crippen LogP) is 2.61. The molecule has 0 bridgehead atoms. The van der Waals surface area contributed by atoms with Gasteiger partial charge in [0.15, 0.2) is 0 Å². The monoisotopic (exact) mass is 294 g/mol. The first-order valence-electron chi connectivity index (χ1n) is 7.09. The van der Waals surface area contributed by atoms with Gasteiger partial charge in [-0.3, -0.25) is 14.9 Å². The maximum Gasteiger partial charge on any atom is 0.288 e. The van der Waals surface area contributed by atoms with Crippen LogP contribution in [0, 0.1) is 10.1 Å². The number of aromatic nitrogens is 1. The highest BCUT2D eigenvalue weighted by atomic mass is 16.6. The second-order valence-corrected chi connectivity index (χ2v) is 5.18. The molecule has 21 heavy (non-hydrogen) atoms. The van der Waals surface area contributed by atoms with Gasteiger partial charge >= 0.3 is 0 Å². The summed E-state index contributed by atoms with van der Waals surface area (Å²) in [6, 6.07) is 1.19. The molecule has 0 aliphatic rings. The van der Waals surface area contributed by atoms with Gasteiger partial charge in [0.05, 0.1) is 10.5 Å². The van der Waals surface area contributed by atoms with Gasteiger partial charge < -0.3 is 10.6 Å². The van der Waals surface area contributed by atoms with E-state index in [1.54, 1.807) is 4.90 Å². The Kier molecular flexibility index (Phi) is 6.08. The van der Waals surface area contributed by atoms with Crippen molar-refractivity contribution in [2.45, 2.75) is 46.1 Å². The number of anilines is 1. The van der Waals surface area contributed by atoms with E-state index in [0.717, 1.165) is 25.5 Å². The van der Waals surface area contributed by atoms with Crippen molar-refractivity contribution in [3.63, 3.8) is 0 Å². The molecule has 1 aromatic heterocycles. The lowest BCUT2D eigenvalue weighted by molar-refractivity contribution is -0.385. The van der Waals surface area contributed by atoms with Gasteiger partial charge in [0.2, 0.25) is 0 Å². The molecule has 0 radical (unpaired) electrons. The number of nitrogens with two attached hydrogens (primary N) is 1. The Bertz CT molecular complexity index is 517. The minimum absolute atomic E-state index is 0.00646. The summed E-state index contributed by atoms with van der Waals surface area (Å²) in [6.45, 7) is 6.51. The molecular weight excluding hydrogens is 272 g/mol. The highest BCUT2D eigenvalue weighted by Gasteiger charge is 2.23. The summed E-state index contributed by atoms with van der Waals surface area (Å²) in [5.41, 5.74) is 5.56. The third-order valence-electron chi connectivity index (χ3n) is 3.23. The summed E-state index contributed by atoms with van der Waals surface area (Å²) in [4.78, 5) is 28.2. The number of nitrogens with zero attached hydrogens (tertiary/aromatic N) is 3. The summed E-state index contributed by atoms with van der Waals surface area (Å²) >= 11 is 0.